The van der Waals surface area contributed by atoms with E-state index in [9.17, 15) is 4.79 Å². The number of furan rings is 1. The zero-order chi connectivity index (χ0) is 12.3. The van der Waals surface area contributed by atoms with Crippen LogP contribution in [0.5, 0.6) is 0 Å². The highest BCUT2D eigenvalue weighted by molar-refractivity contribution is 9.08. The van der Waals surface area contributed by atoms with Gasteiger partial charge in [-0.25, -0.2) is 0 Å². The van der Waals surface area contributed by atoms with Crippen molar-refractivity contribution in [2.45, 2.75) is 12.3 Å². The minimum atomic E-state index is -0.150. The lowest BCUT2D eigenvalue weighted by atomic mass is 10.2. The first-order chi connectivity index (χ1) is 8.20. The van der Waals surface area contributed by atoms with Gasteiger partial charge in [-0.05, 0) is 30.7 Å². The fraction of sp³-hybridized carbons (Fsp3) is 0.154. The lowest BCUT2D eigenvalue weighted by Gasteiger charge is -2.05. The molecule has 4 heteroatoms. The summed E-state index contributed by atoms with van der Waals surface area (Å²) in [5.74, 6) is 0.474. The number of amides is 1. The summed E-state index contributed by atoms with van der Waals surface area (Å²) in [6, 6.07) is 9.36. The molecule has 1 N–H and O–H groups in total. The van der Waals surface area contributed by atoms with Crippen molar-refractivity contribution in [3.63, 3.8) is 0 Å². The molecule has 88 valence electrons. The zero-order valence-electron chi connectivity index (χ0n) is 9.37. The smallest absolute Gasteiger partial charge is 0.259 e. The lowest BCUT2D eigenvalue weighted by Crippen LogP contribution is -2.12. The lowest BCUT2D eigenvalue weighted by molar-refractivity contribution is 0.102. The Hall–Kier alpha value is -1.55. The number of alkyl halides is 1. The largest absolute Gasteiger partial charge is 0.469 e. The molecule has 1 amide bonds. The van der Waals surface area contributed by atoms with Crippen LogP contribution in [-0.4, -0.2) is 5.91 Å². The van der Waals surface area contributed by atoms with Crippen molar-refractivity contribution in [3.05, 3.63) is 53.5 Å². The monoisotopic (exact) mass is 293 g/mol. The molecule has 0 unspecified atom stereocenters. The predicted octanol–water partition coefficient (Wildman–Crippen LogP) is 3.74. The van der Waals surface area contributed by atoms with Gasteiger partial charge in [-0.2, -0.15) is 0 Å². The zero-order valence-corrected chi connectivity index (χ0v) is 11.0. The fourth-order valence-electron chi connectivity index (χ4n) is 1.55. The third-order valence-corrected chi connectivity index (χ3v) is 3.09. The van der Waals surface area contributed by atoms with Crippen molar-refractivity contribution in [1.82, 2.24) is 0 Å². The molecule has 0 radical (unpaired) electrons. The minimum absolute atomic E-state index is 0.150. The average Bonchev–Trinajstić information content (AvgIpc) is 2.76. The normalized spacial score (nSPS) is 10.2. The van der Waals surface area contributed by atoms with E-state index in [-0.39, 0.29) is 5.91 Å². The number of benzene rings is 1. The molecule has 0 aliphatic rings. The molecule has 1 aromatic carbocycles. The molecule has 0 saturated heterocycles. The summed E-state index contributed by atoms with van der Waals surface area (Å²) in [6.45, 7) is 1.77. The molecular weight excluding hydrogens is 282 g/mol. The Morgan fingerprint density at radius 3 is 2.88 bits per heavy atom. The van der Waals surface area contributed by atoms with Crippen LogP contribution in [0.25, 0.3) is 0 Å². The molecule has 0 saturated carbocycles. The van der Waals surface area contributed by atoms with Crippen LogP contribution in [0.4, 0.5) is 5.69 Å². The number of aryl methyl sites for hydroxylation is 1. The van der Waals surface area contributed by atoms with Gasteiger partial charge in [0.2, 0.25) is 0 Å². The SMILES string of the molecule is Cc1occc1C(=O)Nc1cccc(CBr)c1. The van der Waals surface area contributed by atoms with Gasteiger partial charge in [0.15, 0.2) is 0 Å². The van der Waals surface area contributed by atoms with Crippen LogP contribution < -0.4 is 5.32 Å². The van der Waals surface area contributed by atoms with Crippen LogP contribution in [0.3, 0.4) is 0 Å². The predicted molar refractivity (Wildman–Crippen MR) is 70.5 cm³/mol. The fourth-order valence-corrected chi connectivity index (χ4v) is 1.90. The van der Waals surface area contributed by atoms with Crippen LogP contribution in [-0.2, 0) is 5.33 Å². The van der Waals surface area contributed by atoms with Crippen molar-refractivity contribution in [3.8, 4) is 0 Å². The van der Waals surface area contributed by atoms with Gasteiger partial charge in [0, 0.05) is 11.0 Å². The van der Waals surface area contributed by atoms with Crippen LogP contribution >= 0.6 is 15.9 Å². The van der Waals surface area contributed by atoms with Crippen LogP contribution in [0, 0.1) is 6.92 Å². The summed E-state index contributed by atoms with van der Waals surface area (Å²) in [6.07, 6.45) is 1.51. The summed E-state index contributed by atoms with van der Waals surface area (Å²) in [5, 5.41) is 3.61. The third kappa shape index (κ3) is 2.77. The van der Waals surface area contributed by atoms with E-state index in [1.807, 2.05) is 24.3 Å². The minimum Gasteiger partial charge on any atom is -0.469 e. The second kappa shape index (κ2) is 5.19. The number of rotatable bonds is 3. The van der Waals surface area contributed by atoms with Crippen LogP contribution in [0.1, 0.15) is 21.7 Å². The Balaban J connectivity index is 2.16. The van der Waals surface area contributed by atoms with E-state index in [2.05, 4.69) is 21.2 Å². The second-order valence-corrected chi connectivity index (χ2v) is 4.24. The molecule has 3 nitrogen and oxygen atoms in total. The first-order valence-electron chi connectivity index (χ1n) is 5.21. The average molecular weight is 294 g/mol. The number of nitrogens with one attached hydrogen (secondary N) is 1. The Bertz CT molecular complexity index is 534. The molecule has 0 fully saturated rings. The highest BCUT2D eigenvalue weighted by Crippen LogP contribution is 2.16. The van der Waals surface area contributed by atoms with Crippen molar-refractivity contribution in [1.29, 1.82) is 0 Å². The Morgan fingerprint density at radius 2 is 2.24 bits per heavy atom. The van der Waals surface area contributed by atoms with Gasteiger partial charge in [0.05, 0.1) is 11.8 Å². The topological polar surface area (TPSA) is 42.2 Å². The number of carbonyl (C=O) groups is 1. The van der Waals surface area contributed by atoms with E-state index in [0.29, 0.717) is 11.3 Å². The number of halogens is 1. The second-order valence-electron chi connectivity index (χ2n) is 3.68. The van der Waals surface area contributed by atoms with E-state index in [4.69, 9.17) is 4.42 Å². The first-order valence-corrected chi connectivity index (χ1v) is 6.33. The van der Waals surface area contributed by atoms with Gasteiger partial charge in [-0.3, -0.25) is 4.79 Å². The molecule has 0 spiro atoms. The molecule has 2 rings (SSSR count). The number of carbonyl (C=O) groups excluding carboxylic acids is 1. The van der Waals surface area contributed by atoms with Gasteiger partial charge in [0.1, 0.15) is 5.76 Å². The van der Waals surface area contributed by atoms with Crippen molar-refractivity contribution in [2.24, 2.45) is 0 Å². The molecule has 0 aliphatic carbocycles. The molecule has 0 aliphatic heterocycles. The Kier molecular flexibility index (Phi) is 3.64. The molecular formula is C13H12BrNO2. The number of hydrogen-bond acceptors (Lipinski definition) is 2. The highest BCUT2D eigenvalue weighted by atomic mass is 79.9. The molecule has 2 aromatic rings. The van der Waals surface area contributed by atoms with E-state index >= 15 is 0 Å². The summed E-state index contributed by atoms with van der Waals surface area (Å²) in [7, 11) is 0. The molecule has 17 heavy (non-hydrogen) atoms. The van der Waals surface area contributed by atoms with Crippen LogP contribution in [0.2, 0.25) is 0 Å². The van der Waals surface area contributed by atoms with Crippen molar-refractivity contribution >= 4 is 27.5 Å². The van der Waals surface area contributed by atoms with Gasteiger partial charge in [-0.15, -0.1) is 0 Å². The van der Waals surface area contributed by atoms with E-state index in [1.165, 1.54) is 6.26 Å². The van der Waals surface area contributed by atoms with Crippen LogP contribution in [0.15, 0.2) is 41.0 Å². The number of anilines is 1. The number of hydrogen-bond donors (Lipinski definition) is 1. The van der Waals surface area contributed by atoms with E-state index in [0.717, 1.165) is 16.6 Å². The van der Waals surface area contributed by atoms with Gasteiger partial charge in [0.25, 0.3) is 5.91 Å². The highest BCUT2D eigenvalue weighted by Gasteiger charge is 2.11. The standard InChI is InChI=1S/C13H12BrNO2/c1-9-12(5-6-17-9)13(16)15-11-4-2-3-10(7-11)8-14/h2-7H,8H2,1H3,(H,15,16). The van der Waals surface area contributed by atoms with Gasteiger partial charge < -0.3 is 9.73 Å². The van der Waals surface area contributed by atoms with Crippen molar-refractivity contribution in [2.75, 3.05) is 5.32 Å². The summed E-state index contributed by atoms with van der Waals surface area (Å²) < 4.78 is 5.10. The van der Waals surface area contributed by atoms with E-state index in [1.54, 1.807) is 13.0 Å². The Morgan fingerprint density at radius 1 is 1.41 bits per heavy atom. The maximum absolute atomic E-state index is 11.9. The summed E-state index contributed by atoms with van der Waals surface area (Å²) in [4.78, 5) is 11.9. The first kappa shape index (κ1) is 11.9. The van der Waals surface area contributed by atoms with Crippen molar-refractivity contribution < 1.29 is 9.21 Å². The van der Waals surface area contributed by atoms with Gasteiger partial charge >= 0.3 is 0 Å². The maximum atomic E-state index is 11.9. The molecule has 0 atom stereocenters. The van der Waals surface area contributed by atoms with Gasteiger partial charge in [-0.1, -0.05) is 28.1 Å². The third-order valence-electron chi connectivity index (χ3n) is 2.44. The maximum Gasteiger partial charge on any atom is 0.259 e. The van der Waals surface area contributed by atoms with E-state index < -0.39 is 0 Å². The summed E-state index contributed by atoms with van der Waals surface area (Å²) in [5.41, 5.74) is 2.47. The molecule has 0 bridgehead atoms. The molecule has 1 heterocycles. The Labute approximate surface area is 108 Å². The summed E-state index contributed by atoms with van der Waals surface area (Å²) >= 11 is 3.38. The quantitative estimate of drug-likeness (QED) is 0.876. The molecule has 1 aromatic heterocycles.